The molecule has 4 rings (SSSR count). The number of esters is 1. The molecule has 1 aliphatic heterocycles. The van der Waals surface area contributed by atoms with E-state index >= 15 is 0 Å². The number of rotatable bonds is 6. The third kappa shape index (κ3) is 3.96. The smallest absolute Gasteiger partial charge is 0.326 e. The van der Waals surface area contributed by atoms with Gasteiger partial charge in [0.25, 0.3) is 5.91 Å². The number of aromatic hydroxyl groups is 1. The minimum absolute atomic E-state index is 0.0490. The zero-order chi connectivity index (χ0) is 22.7. The Labute approximate surface area is 183 Å². The Kier molecular flexibility index (Phi) is 5.98. The minimum atomic E-state index is -1.00. The quantitative estimate of drug-likeness (QED) is 0.351. The molecule has 2 amide bonds. The van der Waals surface area contributed by atoms with E-state index in [1.807, 2.05) is 30.3 Å². The number of ether oxygens (including phenoxy) is 1. The van der Waals surface area contributed by atoms with E-state index in [1.165, 1.54) is 4.57 Å². The number of azo groups is 1. The van der Waals surface area contributed by atoms with Gasteiger partial charge in [0.15, 0.2) is 5.69 Å². The van der Waals surface area contributed by atoms with Gasteiger partial charge in [-0.25, -0.2) is 0 Å². The first-order valence-corrected chi connectivity index (χ1v) is 10.2. The van der Waals surface area contributed by atoms with Crippen LogP contribution in [0, 0.1) is 5.92 Å². The summed E-state index contributed by atoms with van der Waals surface area (Å²) in [5.74, 6) is -3.29. The minimum Gasteiger partial charge on any atom is -0.493 e. The average molecular weight is 434 g/mol. The molecule has 32 heavy (non-hydrogen) atoms. The molecular formula is C23H22N4O5. The summed E-state index contributed by atoms with van der Waals surface area (Å²) in [6, 6.07) is 16.2. The third-order valence-electron chi connectivity index (χ3n) is 5.43. The number of para-hydroxylation sites is 1. The maximum Gasteiger partial charge on any atom is 0.326 e. The summed E-state index contributed by atoms with van der Waals surface area (Å²) in [6.45, 7) is 2.02. The van der Waals surface area contributed by atoms with Crippen molar-refractivity contribution in [1.82, 2.24) is 9.88 Å². The van der Waals surface area contributed by atoms with Gasteiger partial charge in [0.2, 0.25) is 11.8 Å². The lowest BCUT2D eigenvalue weighted by Gasteiger charge is -2.13. The molecule has 2 aromatic carbocycles. The van der Waals surface area contributed by atoms with E-state index in [1.54, 1.807) is 31.2 Å². The molecule has 164 valence electrons. The van der Waals surface area contributed by atoms with Gasteiger partial charge in [-0.1, -0.05) is 48.5 Å². The largest absolute Gasteiger partial charge is 0.493 e. The molecular weight excluding hydrogens is 412 g/mol. The molecule has 0 saturated carbocycles. The summed E-state index contributed by atoms with van der Waals surface area (Å²) in [5, 5.41) is 21.7. The summed E-state index contributed by atoms with van der Waals surface area (Å²) in [7, 11) is 0. The Morgan fingerprint density at radius 2 is 1.88 bits per heavy atom. The summed E-state index contributed by atoms with van der Waals surface area (Å²) in [6.07, 6.45) is 0. The zero-order valence-electron chi connectivity index (χ0n) is 17.4. The van der Waals surface area contributed by atoms with Crippen LogP contribution in [0.5, 0.6) is 5.88 Å². The number of benzene rings is 2. The predicted octanol–water partition coefficient (Wildman–Crippen LogP) is 3.05. The SMILES string of the molecule is CCOC(=O)Cn1c(O)c(N=NC(=O)C2C(=O)NCC2c2ccccc2)c2ccccc21. The third-order valence-corrected chi connectivity index (χ3v) is 5.43. The van der Waals surface area contributed by atoms with Gasteiger partial charge in [-0.05, 0) is 18.6 Å². The predicted molar refractivity (Wildman–Crippen MR) is 115 cm³/mol. The molecule has 0 aliphatic carbocycles. The number of fused-ring (bicyclic) bond motifs is 1. The lowest BCUT2D eigenvalue weighted by molar-refractivity contribution is -0.143. The van der Waals surface area contributed by atoms with Gasteiger partial charge in [0.05, 0.1) is 12.1 Å². The Balaban J connectivity index is 1.65. The van der Waals surface area contributed by atoms with Crippen LogP contribution in [0.1, 0.15) is 18.4 Å². The Morgan fingerprint density at radius 3 is 2.62 bits per heavy atom. The maximum atomic E-state index is 12.8. The highest BCUT2D eigenvalue weighted by Gasteiger charge is 2.41. The van der Waals surface area contributed by atoms with Crippen molar-refractivity contribution in [1.29, 1.82) is 0 Å². The number of aromatic nitrogens is 1. The van der Waals surface area contributed by atoms with Gasteiger partial charge in [0.1, 0.15) is 12.5 Å². The number of amides is 2. The van der Waals surface area contributed by atoms with Gasteiger partial charge in [-0.3, -0.25) is 19.0 Å². The number of nitrogens with zero attached hydrogens (tertiary/aromatic N) is 3. The van der Waals surface area contributed by atoms with Crippen LogP contribution in [0.4, 0.5) is 5.69 Å². The Bertz CT molecular complexity index is 1200. The van der Waals surface area contributed by atoms with E-state index in [0.29, 0.717) is 17.4 Å². The van der Waals surface area contributed by atoms with Crippen LogP contribution in [-0.2, 0) is 25.7 Å². The fourth-order valence-corrected chi connectivity index (χ4v) is 3.94. The van der Waals surface area contributed by atoms with Crippen LogP contribution in [0.15, 0.2) is 64.8 Å². The monoisotopic (exact) mass is 434 g/mol. The summed E-state index contributed by atoms with van der Waals surface area (Å²) >= 11 is 0. The number of nitrogens with one attached hydrogen (secondary N) is 1. The first-order chi connectivity index (χ1) is 15.5. The van der Waals surface area contributed by atoms with E-state index in [-0.39, 0.29) is 30.6 Å². The van der Waals surface area contributed by atoms with Crippen molar-refractivity contribution < 1.29 is 24.2 Å². The molecule has 2 heterocycles. The second-order valence-electron chi connectivity index (χ2n) is 7.36. The standard InChI is InChI=1S/C23H22N4O5/c1-2-32-18(28)13-27-17-11-7-6-10-15(17)20(23(27)31)25-26-22(30)19-16(12-24-21(19)29)14-8-4-3-5-9-14/h3-11,16,19,31H,2,12-13H2,1H3,(H,24,29). The number of carbonyl (C=O) groups is 3. The summed E-state index contributed by atoms with van der Waals surface area (Å²) < 4.78 is 6.32. The summed E-state index contributed by atoms with van der Waals surface area (Å²) in [4.78, 5) is 37.1. The van der Waals surface area contributed by atoms with Crippen molar-refractivity contribution in [3.8, 4) is 5.88 Å². The van der Waals surface area contributed by atoms with Crippen LogP contribution in [-0.4, -0.2) is 40.6 Å². The first kappa shape index (κ1) is 21.2. The molecule has 0 bridgehead atoms. The molecule has 1 aliphatic rings. The van der Waals surface area contributed by atoms with Crippen molar-refractivity contribution in [3.05, 3.63) is 60.2 Å². The molecule has 0 spiro atoms. The average Bonchev–Trinajstić information content (AvgIpc) is 3.31. The maximum absolute atomic E-state index is 12.8. The lowest BCUT2D eigenvalue weighted by Crippen LogP contribution is -2.25. The zero-order valence-corrected chi connectivity index (χ0v) is 17.4. The molecule has 9 heteroatoms. The van der Waals surface area contributed by atoms with E-state index in [9.17, 15) is 19.5 Å². The number of hydrogen-bond donors (Lipinski definition) is 2. The topological polar surface area (TPSA) is 122 Å². The van der Waals surface area contributed by atoms with Gasteiger partial charge < -0.3 is 15.2 Å². The second-order valence-corrected chi connectivity index (χ2v) is 7.36. The molecule has 2 atom stereocenters. The normalized spacial score (nSPS) is 18.2. The van der Waals surface area contributed by atoms with Gasteiger partial charge >= 0.3 is 5.97 Å². The van der Waals surface area contributed by atoms with Gasteiger partial charge in [-0.15, -0.1) is 10.2 Å². The number of hydrogen-bond acceptors (Lipinski definition) is 6. The lowest BCUT2D eigenvalue weighted by atomic mass is 9.88. The number of carbonyl (C=O) groups excluding carboxylic acids is 3. The fourth-order valence-electron chi connectivity index (χ4n) is 3.94. The van der Waals surface area contributed by atoms with Crippen molar-refractivity contribution >= 4 is 34.4 Å². The van der Waals surface area contributed by atoms with E-state index in [2.05, 4.69) is 15.5 Å². The van der Waals surface area contributed by atoms with Crippen LogP contribution in [0.25, 0.3) is 10.9 Å². The second kappa shape index (κ2) is 9.01. The highest BCUT2D eigenvalue weighted by atomic mass is 16.5. The highest BCUT2D eigenvalue weighted by molar-refractivity contribution is 6.03. The molecule has 2 N–H and O–H groups in total. The molecule has 1 fully saturated rings. The molecule has 0 radical (unpaired) electrons. The van der Waals surface area contributed by atoms with Crippen molar-refractivity contribution in [3.63, 3.8) is 0 Å². The molecule has 9 nitrogen and oxygen atoms in total. The van der Waals surface area contributed by atoms with E-state index in [4.69, 9.17) is 4.74 Å². The Morgan fingerprint density at radius 1 is 1.16 bits per heavy atom. The molecule has 1 saturated heterocycles. The van der Waals surface area contributed by atoms with Gasteiger partial charge in [-0.2, -0.15) is 0 Å². The van der Waals surface area contributed by atoms with Crippen LogP contribution in [0.2, 0.25) is 0 Å². The Hall–Kier alpha value is -4.01. The van der Waals surface area contributed by atoms with Crippen LogP contribution >= 0.6 is 0 Å². The first-order valence-electron chi connectivity index (χ1n) is 10.2. The van der Waals surface area contributed by atoms with E-state index in [0.717, 1.165) is 5.56 Å². The van der Waals surface area contributed by atoms with E-state index < -0.39 is 23.7 Å². The summed E-state index contributed by atoms with van der Waals surface area (Å²) in [5.41, 5.74) is 1.45. The molecule has 3 aromatic rings. The van der Waals surface area contributed by atoms with Crippen molar-refractivity contribution in [2.45, 2.75) is 19.4 Å². The van der Waals surface area contributed by atoms with Crippen LogP contribution in [0.3, 0.4) is 0 Å². The molecule has 2 unspecified atom stereocenters. The fraction of sp³-hybridized carbons (Fsp3) is 0.261. The van der Waals surface area contributed by atoms with Crippen molar-refractivity contribution in [2.24, 2.45) is 16.1 Å². The van der Waals surface area contributed by atoms with Crippen LogP contribution < -0.4 is 5.32 Å². The molecule has 1 aromatic heterocycles. The van der Waals surface area contributed by atoms with Crippen molar-refractivity contribution in [2.75, 3.05) is 13.2 Å². The van der Waals surface area contributed by atoms with Gasteiger partial charge in [0, 0.05) is 17.8 Å². The highest BCUT2D eigenvalue weighted by Crippen LogP contribution is 2.39.